The van der Waals surface area contributed by atoms with E-state index in [1.165, 1.54) is 31.4 Å². The quantitative estimate of drug-likeness (QED) is 0.765. The number of thioether (sulfide) groups is 1. The summed E-state index contributed by atoms with van der Waals surface area (Å²) < 4.78 is 5.80. The second-order valence-corrected chi connectivity index (χ2v) is 6.20. The van der Waals surface area contributed by atoms with Crippen LogP contribution in [-0.2, 0) is 6.54 Å². The topological polar surface area (TPSA) is 35.2 Å². The van der Waals surface area contributed by atoms with Gasteiger partial charge < -0.3 is 10.5 Å². The third-order valence-electron chi connectivity index (χ3n) is 3.39. The molecule has 0 spiro atoms. The maximum Gasteiger partial charge on any atom is 0.123 e. The summed E-state index contributed by atoms with van der Waals surface area (Å²) in [5.41, 5.74) is 6.78. The summed E-state index contributed by atoms with van der Waals surface area (Å²) in [5.74, 6) is 2.17. The molecule has 2 nitrogen and oxygen atoms in total. The maximum atomic E-state index is 5.80. The lowest BCUT2D eigenvalue weighted by Gasteiger charge is -2.11. The minimum Gasteiger partial charge on any atom is -0.493 e. The monoisotopic (exact) mass is 265 g/mol. The number of nitrogens with two attached hydrogens (primary N) is 1. The van der Waals surface area contributed by atoms with Crippen LogP contribution in [0.1, 0.15) is 37.7 Å². The fraction of sp³-hybridized carbons (Fsp3) is 0.600. The lowest BCUT2D eigenvalue weighted by Crippen LogP contribution is -2.05. The highest BCUT2D eigenvalue weighted by atomic mass is 32.2. The minimum absolute atomic E-state index is 0.549. The third-order valence-corrected chi connectivity index (χ3v) is 4.86. The van der Waals surface area contributed by atoms with E-state index in [9.17, 15) is 0 Å². The van der Waals surface area contributed by atoms with Crippen molar-refractivity contribution in [3.63, 3.8) is 0 Å². The van der Waals surface area contributed by atoms with Gasteiger partial charge in [-0.1, -0.05) is 31.0 Å². The molecule has 0 unspecified atom stereocenters. The van der Waals surface area contributed by atoms with Gasteiger partial charge in [0.2, 0.25) is 0 Å². The molecule has 1 fully saturated rings. The standard InChI is InChI=1S/C15H23NOS/c16-12-13-6-1-4-9-15(13)17-10-5-11-18-14-7-2-3-8-14/h1,4,6,9,14H,2-3,5,7-8,10-12,16H2. The van der Waals surface area contributed by atoms with Crippen LogP contribution in [0.3, 0.4) is 0 Å². The van der Waals surface area contributed by atoms with Crippen LogP contribution in [0.4, 0.5) is 0 Å². The Morgan fingerprint density at radius 1 is 1.22 bits per heavy atom. The average Bonchev–Trinajstić information content (AvgIpc) is 2.92. The summed E-state index contributed by atoms with van der Waals surface area (Å²) in [7, 11) is 0. The Labute approximate surface area is 114 Å². The smallest absolute Gasteiger partial charge is 0.123 e. The van der Waals surface area contributed by atoms with E-state index in [0.717, 1.165) is 29.6 Å². The van der Waals surface area contributed by atoms with Crippen molar-refractivity contribution in [2.45, 2.75) is 43.9 Å². The zero-order valence-electron chi connectivity index (χ0n) is 10.9. The zero-order chi connectivity index (χ0) is 12.6. The highest BCUT2D eigenvalue weighted by molar-refractivity contribution is 7.99. The molecule has 100 valence electrons. The molecule has 18 heavy (non-hydrogen) atoms. The van der Waals surface area contributed by atoms with Crippen molar-refractivity contribution in [2.24, 2.45) is 5.73 Å². The fourth-order valence-corrected chi connectivity index (χ4v) is 3.64. The zero-order valence-corrected chi connectivity index (χ0v) is 11.8. The van der Waals surface area contributed by atoms with Crippen molar-refractivity contribution in [3.8, 4) is 5.75 Å². The van der Waals surface area contributed by atoms with Crippen LogP contribution in [0.15, 0.2) is 24.3 Å². The number of rotatable bonds is 7. The molecular weight excluding hydrogens is 242 g/mol. The summed E-state index contributed by atoms with van der Waals surface area (Å²) in [5, 5.41) is 0.918. The Bertz CT molecular complexity index is 350. The predicted octanol–water partition coefficient (Wildman–Crippen LogP) is 3.59. The number of benzene rings is 1. The van der Waals surface area contributed by atoms with Gasteiger partial charge in [0.05, 0.1) is 6.61 Å². The molecule has 0 aromatic heterocycles. The van der Waals surface area contributed by atoms with Crippen LogP contribution in [0.25, 0.3) is 0 Å². The highest BCUT2D eigenvalue weighted by Crippen LogP contribution is 2.29. The van der Waals surface area contributed by atoms with E-state index in [4.69, 9.17) is 10.5 Å². The molecule has 0 atom stereocenters. The van der Waals surface area contributed by atoms with Crippen molar-refractivity contribution in [1.82, 2.24) is 0 Å². The van der Waals surface area contributed by atoms with Gasteiger partial charge in [-0.25, -0.2) is 0 Å². The Kier molecular flexibility index (Phi) is 5.88. The molecule has 2 rings (SSSR count). The van der Waals surface area contributed by atoms with E-state index in [2.05, 4.69) is 11.8 Å². The highest BCUT2D eigenvalue weighted by Gasteiger charge is 2.14. The molecule has 3 heteroatoms. The average molecular weight is 265 g/mol. The largest absolute Gasteiger partial charge is 0.493 e. The summed E-state index contributed by atoms with van der Waals surface area (Å²) in [6.45, 7) is 1.35. The van der Waals surface area contributed by atoms with Crippen LogP contribution in [0.2, 0.25) is 0 Å². The van der Waals surface area contributed by atoms with Crippen LogP contribution in [0.5, 0.6) is 5.75 Å². The maximum absolute atomic E-state index is 5.80. The summed E-state index contributed by atoms with van der Waals surface area (Å²) in [4.78, 5) is 0. The van der Waals surface area contributed by atoms with Gasteiger partial charge in [0.25, 0.3) is 0 Å². The molecule has 0 aliphatic heterocycles. The molecular formula is C15H23NOS. The van der Waals surface area contributed by atoms with Crippen LogP contribution in [-0.4, -0.2) is 17.6 Å². The molecule has 1 saturated carbocycles. The van der Waals surface area contributed by atoms with Gasteiger partial charge >= 0.3 is 0 Å². The molecule has 0 radical (unpaired) electrons. The second-order valence-electron chi connectivity index (χ2n) is 4.79. The van der Waals surface area contributed by atoms with Crippen molar-refractivity contribution in [3.05, 3.63) is 29.8 Å². The van der Waals surface area contributed by atoms with Gasteiger partial charge in [-0.3, -0.25) is 0 Å². The Balaban J connectivity index is 1.62. The van der Waals surface area contributed by atoms with Crippen molar-refractivity contribution >= 4 is 11.8 Å². The van der Waals surface area contributed by atoms with Gasteiger partial charge in [-0.2, -0.15) is 11.8 Å². The third kappa shape index (κ3) is 4.21. The molecule has 1 aliphatic rings. The number of hydrogen-bond donors (Lipinski definition) is 1. The van der Waals surface area contributed by atoms with E-state index in [-0.39, 0.29) is 0 Å². The molecule has 0 amide bonds. The Morgan fingerprint density at radius 3 is 2.78 bits per heavy atom. The number of ether oxygens (including phenoxy) is 1. The van der Waals surface area contributed by atoms with Crippen LogP contribution < -0.4 is 10.5 Å². The SMILES string of the molecule is NCc1ccccc1OCCCSC1CCCC1. The van der Waals surface area contributed by atoms with Crippen LogP contribution in [0, 0.1) is 0 Å². The first-order valence-electron chi connectivity index (χ1n) is 6.92. The van der Waals surface area contributed by atoms with E-state index in [1.807, 2.05) is 24.3 Å². The van der Waals surface area contributed by atoms with E-state index >= 15 is 0 Å². The summed E-state index contributed by atoms with van der Waals surface area (Å²) >= 11 is 2.12. The van der Waals surface area contributed by atoms with Crippen molar-refractivity contribution in [1.29, 1.82) is 0 Å². The van der Waals surface area contributed by atoms with Crippen molar-refractivity contribution < 1.29 is 4.74 Å². The number of para-hydroxylation sites is 1. The Morgan fingerprint density at radius 2 is 2.00 bits per heavy atom. The first kappa shape index (κ1) is 13.8. The second kappa shape index (κ2) is 7.70. The molecule has 0 saturated heterocycles. The number of hydrogen-bond acceptors (Lipinski definition) is 3. The van der Waals surface area contributed by atoms with E-state index < -0.39 is 0 Å². The lowest BCUT2D eigenvalue weighted by atomic mass is 10.2. The van der Waals surface area contributed by atoms with Gasteiger partial charge in [0, 0.05) is 17.4 Å². The van der Waals surface area contributed by atoms with Gasteiger partial charge in [0.1, 0.15) is 5.75 Å². The molecule has 1 aliphatic carbocycles. The molecule has 2 N–H and O–H groups in total. The first-order valence-corrected chi connectivity index (χ1v) is 7.97. The van der Waals surface area contributed by atoms with Gasteiger partial charge in [0.15, 0.2) is 0 Å². The van der Waals surface area contributed by atoms with Crippen LogP contribution >= 0.6 is 11.8 Å². The summed E-state index contributed by atoms with van der Waals surface area (Å²) in [6, 6.07) is 8.04. The minimum atomic E-state index is 0.549. The Hall–Kier alpha value is -0.670. The summed E-state index contributed by atoms with van der Waals surface area (Å²) in [6.07, 6.45) is 6.82. The molecule has 0 bridgehead atoms. The predicted molar refractivity (Wildman–Crippen MR) is 79.2 cm³/mol. The first-order chi connectivity index (χ1) is 8.90. The van der Waals surface area contributed by atoms with E-state index in [1.54, 1.807) is 0 Å². The molecule has 1 aromatic carbocycles. The lowest BCUT2D eigenvalue weighted by molar-refractivity contribution is 0.315. The normalized spacial score (nSPS) is 16.1. The van der Waals surface area contributed by atoms with E-state index in [0.29, 0.717) is 6.54 Å². The molecule has 1 aromatic rings. The van der Waals surface area contributed by atoms with Gasteiger partial charge in [-0.15, -0.1) is 0 Å². The van der Waals surface area contributed by atoms with Crippen molar-refractivity contribution in [2.75, 3.05) is 12.4 Å². The fourth-order valence-electron chi connectivity index (χ4n) is 2.36. The molecule has 0 heterocycles. The van der Waals surface area contributed by atoms with Gasteiger partial charge in [-0.05, 0) is 31.1 Å².